The molecule has 0 aliphatic carbocycles. The van der Waals surface area contributed by atoms with Crippen LogP contribution in [-0.2, 0) is 14.6 Å². The molecule has 0 spiro atoms. The molecule has 0 atom stereocenters. The fourth-order valence-corrected chi connectivity index (χ4v) is 4.26. The van der Waals surface area contributed by atoms with Gasteiger partial charge < -0.3 is 9.47 Å². The molecule has 1 aromatic rings. The molecule has 0 aliphatic rings. The molecule has 0 heterocycles. The molecule has 0 bridgehead atoms. The summed E-state index contributed by atoms with van der Waals surface area (Å²) in [5, 5.41) is 0. The normalized spacial score (nSPS) is 11.5. The van der Waals surface area contributed by atoms with Gasteiger partial charge in [0.15, 0.2) is 9.84 Å². The highest BCUT2D eigenvalue weighted by atomic mass is 32.2. The first-order valence-electron chi connectivity index (χ1n) is 12.0. The zero-order valence-corrected chi connectivity index (χ0v) is 20.6. The van der Waals surface area contributed by atoms with E-state index in [2.05, 4.69) is 6.92 Å². The van der Waals surface area contributed by atoms with Gasteiger partial charge in [-0.3, -0.25) is 0 Å². The van der Waals surface area contributed by atoms with Gasteiger partial charge in [0.25, 0.3) is 0 Å². The molecule has 0 aromatic heterocycles. The van der Waals surface area contributed by atoms with E-state index in [1.54, 1.807) is 0 Å². The van der Waals surface area contributed by atoms with E-state index < -0.39 is 15.8 Å². The summed E-state index contributed by atoms with van der Waals surface area (Å²) in [5.74, 6) is -0.226. The number of unbranched alkanes of at least 4 members (excludes halogenated alkanes) is 13. The second-order valence-corrected chi connectivity index (χ2v) is 10.4. The molecule has 0 N–H and O–H groups in total. The van der Waals surface area contributed by atoms with Gasteiger partial charge in [-0.1, -0.05) is 90.4 Å². The number of hydrogen-bond donors (Lipinski definition) is 0. The molecule has 178 valence electrons. The van der Waals surface area contributed by atoms with Gasteiger partial charge in [-0.05, 0) is 24.6 Å². The lowest BCUT2D eigenvalue weighted by molar-refractivity contribution is 0.0595. The molecule has 0 radical (unpaired) electrons. The Bertz CT molecular complexity index is 727. The zero-order chi connectivity index (χ0) is 23.0. The van der Waals surface area contributed by atoms with Gasteiger partial charge in [0, 0.05) is 6.26 Å². The van der Waals surface area contributed by atoms with Gasteiger partial charge in [0.2, 0.25) is 0 Å². The van der Waals surface area contributed by atoms with E-state index in [1.165, 1.54) is 102 Å². The van der Waals surface area contributed by atoms with Crippen LogP contribution in [0.25, 0.3) is 0 Å². The second kappa shape index (κ2) is 16.1. The maximum absolute atomic E-state index is 12.0. The highest BCUT2D eigenvalue weighted by Gasteiger charge is 2.17. The minimum atomic E-state index is -3.40. The van der Waals surface area contributed by atoms with Crippen molar-refractivity contribution >= 4 is 15.8 Å². The van der Waals surface area contributed by atoms with Gasteiger partial charge in [0.1, 0.15) is 11.3 Å². The molecular formula is C25H42O5S. The van der Waals surface area contributed by atoms with Crippen molar-refractivity contribution in [1.82, 2.24) is 0 Å². The summed E-state index contributed by atoms with van der Waals surface area (Å²) in [6.07, 6.45) is 19.2. The average molecular weight is 455 g/mol. The maximum Gasteiger partial charge on any atom is 0.341 e. The molecule has 0 saturated carbocycles. The summed E-state index contributed by atoms with van der Waals surface area (Å²) in [6, 6.07) is 4.32. The Morgan fingerprint density at radius 1 is 0.806 bits per heavy atom. The lowest BCUT2D eigenvalue weighted by Crippen LogP contribution is -2.09. The van der Waals surface area contributed by atoms with Crippen LogP contribution in [0.5, 0.6) is 5.75 Å². The Balaban J connectivity index is 2.16. The van der Waals surface area contributed by atoms with Crippen LogP contribution in [0.1, 0.15) is 107 Å². The first kappa shape index (κ1) is 27.5. The van der Waals surface area contributed by atoms with Crippen molar-refractivity contribution in [3.63, 3.8) is 0 Å². The molecule has 6 heteroatoms. The van der Waals surface area contributed by atoms with Crippen molar-refractivity contribution in [1.29, 1.82) is 0 Å². The molecule has 1 aromatic carbocycles. The zero-order valence-electron chi connectivity index (χ0n) is 19.8. The number of esters is 1. The van der Waals surface area contributed by atoms with Gasteiger partial charge >= 0.3 is 5.97 Å². The predicted molar refractivity (Wildman–Crippen MR) is 127 cm³/mol. The first-order valence-corrected chi connectivity index (χ1v) is 13.8. The van der Waals surface area contributed by atoms with E-state index in [4.69, 9.17) is 9.47 Å². The molecule has 0 aliphatic heterocycles. The third kappa shape index (κ3) is 12.2. The fourth-order valence-electron chi connectivity index (χ4n) is 3.61. The number of carbonyl (C=O) groups excluding carboxylic acids is 1. The number of benzene rings is 1. The van der Waals surface area contributed by atoms with Crippen LogP contribution < -0.4 is 4.74 Å². The van der Waals surface area contributed by atoms with Crippen LogP contribution in [0.4, 0.5) is 0 Å². The van der Waals surface area contributed by atoms with E-state index in [9.17, 15) is 13.2 Å². The Labute approximate surface area is 189 Å². The number of hydrogen-bond acceptors (Lipinski definition) is 5. The standard InChI is InChI=1S/C25H42O5S/c1-4-5-6-7-8-9-10-11-12-13-14-15-16-17-20-30-24-19-18-22(31(3,27)28)21-23(24)25(26)29-2/h18-19,21H,4-17,20H2,1-3H3. The molecular weight excluding hydrogens is 412 g/mol. The van der Waals surface area contributed by atoms with Gasteiger partial charge in [-0.25, -0.2) is 13.2 Å². The Hall–Kier alpha value is -1.56. The number of sulfone groups is 1. The average Bonchev–Trinajstić information content (AvgIpc) is 2.75. The maximum atomic E-state index is 12.0. The van der Waals surface area contributed by atoms with Gasteiger partial charge in [-0.15, -0.1) is 0 Å². The molecule has 0 unspecified atom stereocenters. The fraction of sp³-hybridized carbons (Fsp3) is 0.720. The second-order valence-electron chi connectivity index (χ2n) is 8.37. The smallest absolute Gasteiger partial charge is 0.341 e. The highest BCUT2D eigenvalue weighted by molar-refractivity contribution is 7.90. The quantitative estimate of drug-likeness (QED) is 0.181. The molecule has 0 fully saturated rings. The van der Waals surface area contributed by atoms with Crippen molar-refractivity contribution in [2.75, 3.05) is 20.0 Å². The summed E-state index contributed by atoms with van der Waals surface area (Å²) in [7, 11) is -2.13. The van der Waals surface area contributed by atoms with Crippen molar-refractivity contribution < 1.29 is 22.7 Å². The molecule has 31 heavy (non-hydrogen) atoms. The van der Waals surface area contributed by atoms with Crippen molar-refractivity contribution in [2.24, 2.45) is 0 Å². The largest absolute Gasteiger partial charge is 0.493 e. The van der Waals surface area contributed by atoms with E-state index in [-0.39, 0.29) is 10.5 Å². The third-order valence-electron chi connectivity index (χ3n) is 5.54. The molecule has 1 rings (SSSR count). The van der Waals surface area contributed by atoms with Crippen LogP contribution >= 0.6 is 0 Å². The summed E-state index contributed by atoms with van der Waals surface area (Å²) in [6.45, 7) is 2.76. The summed E-state index contributed by atoms with van der Waals surface area (Å²) < 4.78 is 33.9. The van der Waals surface area contributed by atoms with Crippen LogP contribution in [0, 0.1) is 0 Å². The number of carbonyl (C=O) groups is 1. The van der Waals surface area contributed by atoms with Crippen LogP contribution in [0.15, 0.2) is 23.1 Å². The Morgan fingerprint density at radius 2 is 1.29 bits per heavy atom. The van der Waals surface area contributed by atoms with E-state index in [0.717, 1.165) is 19.1 Å². The Morgan fingerprint density at radius 3 is 1.74 bits per heavy atom. The third-order valence-corrected chi connectivity index (χ3v) is 6.65. The minimum absolute atomic E-state index is 0.0803. The number of rotatable bonds is 18. The summed E-state index contributed by atoms with van der Waals surface area (Å²) in [4.78, 5) is 12.1. The van der Waals surface area contributed by atoms with E-state index >= 15 is 0 Å². The van der Waals surface area contributed by atoms with Crippen LogP contribution in [-0.4, -0.2) is 34.4 Å². The van der Waals surface area contributed by atoms with Crippen LogP contribution in [0.2, 0.25) is 0 Å². The summed E-state index contributed by atoms with van der Waals surface area (Å²) in [5.41, 5.74) is 0.149. The highest BCUT2D eigenvalue weighted by Crippen LogP contribution is 2.24. The van der Waals surface area contributed by atoms with E-state index in [1.807, 2.05) is 0 Å². The van der Waals surface area contributed by atoms with Crippen molar-refractivity contribution in [2.45, 2.75) is 102 Å². The topological polar surface area (TPSA) is 69.7 Å². The lowest BCUT2D eigenvalue weighted by Gasteiger charge is -2.11. The van der Waals surface area contributed by atoms with Crippen molar-refractivity contribution in [3.05, 3.63) is 23.8 Å². The number of ether oxygens (including phenoxy) is 2. The van der Waals surface area contributed by atoms with E-state index in [0.29, 0.717) is 12.4 Å². The SMILES string of the molecule is CCCCCCCCCCCCCCCCOc1ccc(S(C)(=O)=O)cc1C(=O)OC. The predicted octanol–water partition coefficient (Wildman–Crippen LogP) is 6.74. The van der Waals surface area contributed by atoms with Gasteiger partial charge in [0.05, 0.1) is 18.6 Å². The molecule has 5 nitrogen and oxygen atoms in total. The minimum Gasteiger partial charge on any atom is -0.493 e. The van der Waals surface area contributed by atoms with Gasteiger partial charge in [-0.2, -0.15) is 0 Å². The van der Waals surface area contributed by atoms with Crippen LogP contribution in [0.3, 0.4) is 0 Å². The first-order chi connectivity index (χ1) is 14.9. The monoisotopic (exact) mass is 454 g/mol. The number of methoxy groups -OCH3 is 1. The van der Waals surface area contributed by atoms with Crippen molar-refractivity contribution in [3.8, 4) is 5.75 Å². The summed E-state index contributed by atoms with van der Waals surface area (Å²) >= 11 is 0. The Kier molecular flexibility index (Phi) is 14.3. The molecule has 0 amide bonds. The molecule has 0 saturated heterocycles. The lowest BCUT2D eigenvalue weighted by atomic mass is 10.0.